The number of pyridine rings is 2. The molecule has 6 rings (SSSR count). The number of fused-ring (bicyclic) bond motifs is 3. The molecule has 4 aromatic rings. The lowest BCUT2D eigenvalue weighted by atomic mass is 10.1. The molecule has 0 bridgehead atoms. The van der Waals surface area contributed by atoms with E-state index in [1.165, 1.54) is 0 Å². The van der Waals surface area contributed by atoms with Gasteiger partial charge < -0.3 is 20.1 Å². The highest BCUT2D eigenvalue weighted by Gasteiger charge is 2.43. The molecule has 2 atom stereocenters. The molecule has 2 aromatic heterocycles. The number of benzene rings is 2. The molecule has 2 aliphatic heterocycles. The highest BCUT2D eigenvalue weighted by Crippen LogP contribution is 2.26. The Hall–Kier alpha value is -4.20. The van der Waals surface area contributed by atoms with E-state index in [2.05, 4.69) is 20.2 Å². The predicted molar refractivity (Wildman–Crippen MR) is 130 cm³/mol. The third kappa shape index (κ3) is 3.39. The van der Waals surface area contributed by atoms with Crippen LogP contribution in [0.4, 0.5) is 5.82 Å². The smallest absolute Gasteiger partial charge is 0.251 e. The van der Waals surface area contributed by atoms with E-state index in [0.29, 0.717) is 47.9 Å². The monoisotopic (exact) mass is 453 g/mol. The van der Waals surface area contributed by atoms with Crippen LogP contribution in [0.1, 0.15) is 16.8 Å². The molecule has 0 saturated carbocycles. The van der Waals surface area contributed by atoms with Crippen LogP contribution in [0, 0.1) is 0 Å². The largest absolute Gasteiger partial charge is 0.354 e. The van der Waals surface area contributed by atoms with Gasteiger partial charge in [-0.2, -0.15) is 0 Å². The van der Waals surface area contributed by atoms with Crippen molar-refractivity contribution >= 4 is 39.4 Å². The molecule has 2 aromatic carbocycles. The molecule has 2 unspecified atom stereocenters. The summed E-state index contributed by atoms with van der Waals surface area (Å²) in [6, 6.07) is 17.6. The maximum Gasteiger partial charge on any atom is 0.251 e. The topological polar surface area (TPSA) is 98.4 Å². The third-order valence-corrected chi connectivity index (χ3v) is 6.82. The number of amides is 2. The fourth-order valence-electron chi connectivity index (χ4n) is 5.09. The van der Waals surface area contributed by atoms with Gasteiger partial charge in [0.15, 0.2) is 5.43 Å². The first-order valence-corrected chi connectivity index (χ1v) is 11.4. The standard InChI is InChI=1S/C26H23N5O3/c32-24-18-5-1-2-6-20(18)28-21-9-8-16(13-19(21)24)25(33)29-22-14-17-15-30(11-12-31(17)26(22)34)23-7-3-4-10-27-23/h1-10,13,17,22H,11-12,14-15H2,(H,28,32)(H,29,33). The maximum atomic E-state index is 13.0. The number of nitrogens with one attached hydrogen (secondary N) is 2. The molecule has 0 radical (unpaired) electrons. The summed E-state index contributed by atoms with van der Waals surface area (Å²) in [7, 11) is 0. The minimum atomic E-state index is -0.577. The highest BCUT2D eigenvalue weighted by atomic mass is 16.2. The lowest BCUT2D eigenvalue weighted by Gasteiger charge is -2.37. The number of para-hydroxylation sites is 1. The van der Waals surface area contributed by atoms with Crippen LogP contribution in [-0.4, -0.2) is 58.4 Å². The van der Waals surface area contributed by atoms with Gasteiger partial charge in [-0.1, -0.05) is 18.2 Å². The number of H-pyrrole nitrogens is 1. The van der Waals surface area contributed by atoms with E-state index in [-0.39, 0.29) is 23.3 Å². The van der Waals surface area contributed by atoms with Crippen molar-refractivity contribution in [2.75, 3.05) is 24.5 Å². The second kappa shape index (κ2) is 7.98. The molecule has 2 fully saturated rings. The van der Waals surface area contributed by atoms with Gasteiger partial charge in [-0.3, -0.25) is 14.4 Å². The fourth-order valence-corrected chi connectivity index (χ4v) is 5.09. The Morgan fingerprint density at radius 2 is 1.79 bits per heavy atom. The Morgan fingerprint density at radius 1 is 0.971 bits per heavy atom. The average Bonchev–Trinajstić information content (AvgIpc) is 3.18. The first kappa shape index (κ1) is 20.4. The minimum Gasteiger partial charge on any atom is -0.354 e. The van der Waals surface area contributed by atoms with Crippen LogP contribution >= 0.6 is 0 Å². The van der Waals surface area contributed by atoms with Crippen molar-refractivity contribution in [1.29, 1.82) is 0 Å². The zero-order chi connectivity index (χ0) is 23.2. The van der Waals surface area contributed by atoms with Gasteiger partial charge in [0.2, 0.25) is 5.91 Å². The Bertz CT molecular complexity index is 1480. The van der Waals surface area contributed by atoms with Crippen molar-refractivity contribution in [1.82, 2.24) is 20.2 Å². The molecular formula is C26H23N5O3. The molecule has 0 aliphatic carbocycles. The number of rotatable bonds is 3. The lowest BCUT2D eigenvalue weighted by molar-refractivity contribution is -0.130. The minimum absolute atomic E-state index is 0.0272. The molecule has 170 valence electrons. The van der Waals surface area contributed by atoms with Gasteiger partial charge in [-0.15, -0.1) is 0 Å². The highest BCUT2D eigenvalue weighted by molar-refractivity contribution is 6.02. The fraction of sp³-hybridized carbons (Fsp3) is 0.231. The van der Waals surface area contributed by atoms with Crippen molar-refractivity contribution < 1.29 is 9.59 Å². The van der Waals surface area contributed by atoms with E-state index in [1.807, 2.05) is 41.3 Å². The number of anilines is 1. The van der Waals surface area contributed by atoms with E-state index < -0.39 is 6.04 Å². The average molecular weight is 454 g/mol. The Balaban J connectivity index is 1.21. The van der Waals surface area contributed by atoms with Gasteiger partial charge in [0.05, 0.1) is 6.04 Å². The number of piperazine rings is 1. The second-order valence-electron chi connectivity index (χ2n) is 8.84. The first-order chi connectivity index (χ1) is 16.6. The molecule has 8 heteroatoms. The molecule has 4 heterocycles. The van der Waals surface area contributed by atoms with E-state index in [4.69, 9.17) is 0 Å². The summed E-state index contributed by atoms with van der Waals surface area (Å²) in [6.45, 7) is 2.00. The Morgan fingerprint density at radius 3 is 2.65 bits per heavy atom. The van der Waals surface area contributed by atoms with E-state index in [9.17, 15) is 14.4 Å². The number of aromatic nitrogens is 2. The van der Waals surface area contributed by atoms with Crippen molar-refractivity contribution in [2.24, 2.45) is 0 Å². The summed E-state index contributed by atoms with van der Waals surface area (Å²) in [5.74, 6) is 0.494. The third-order valence-electron chi connectivity index (χ3n) is 6.82. The van der Waals surface area contributed by atoms with Crippen LogP contribution in [0.5, 0.6) is 0 Å². The number of nitrogens with zero attached hydrogens (tertiary/aromatic N) is 3. The molecule has 0 spiro atoms. The molecule has 2 amide bonds. The van der Waals surface area contributed by atoms with Crippen molar-refractivity contribution in [2.45, 2.75) is 18.5 Å². The zero-order valence-electron chi connectivity index (χ0n) is 18.4. The molecule has 2 aliphatic rings. The van der Waals surface area contributed by atoms with Crippen LogP contribution in [-0.2, 0) is 4.79 Å². The van der Waals surface area contributed by atoms with Gasteiger partial charge in [-0.05, 0) is 48.9 Å². The summed E-state index contributed by atoms with van der Waals surface area (Å²) < 4.78 is 0. The van der Waals surface area contributed by atoms with E-state index in [1.54, 1.807) is 30.5 Å². The van der Waals surface area contributed by atoms with Crippen molar-refractivity contribution in [3.05, 3.63) is 82.6 Å². The van der Waals surface area contributed by atoms with Gasteiger partial charge in [0.25, 0.3) is 5.91 Å². The maximum absolute atomic E-state index is 13.0. The molecule has 2 saturated heterocycles. The summed E-state index contributed by atoms with van der Waals surface area (Å²) in [5, 5.41) is 3.93. The number of hydrogen-bond donors (Lipinski definition) is 2. The summed E-state index contributed by atoms with van der Waals surface area (Å²) >= 11 is 0. The summed E-state index contributed by atoms with van der Waals surface area (Å²) in [5.41, 5.74) is 1.66. The van der Waals surface area contributed by atoms with Crippen LogP contribution in [0.3, 0.4) is 0 Å². The van der Waals surface area contributed by atoms with Gasteiger partial charge in [0, 0.05) is 53.2 Å². The molecule has 34 heavy (non-hydrogen) atoms. The summed E-state index contributed by atoms with van der Waals surface area (Å²) in [6.07, 6.45) is 2.31. The number of carbonyl (C=O) groups excluding carboxylic acids is 2. The zero-order valence-corrected chi connectivity index (χ0v) is 18.4. The Kier molecular flexibility index (Phi) is 4.79. The summed E-state index contributed by atoms with van der Waals surface area (Å²) in [4.78, 5) is 50.7. The molecular weight excluding hydrogens is 430 g/mol. The quantitative estimate of drug-likeness (QED) is 0.464. The van der Waals surface area contributed by atoms with Crippen molar-refractivity contribution in [3.63, 3.8) is 0 Å². The van der Waals surface area contributed by atoms with E-state index >= 15 is 0 Å². The SMILES string of the molecule is O=C(NC1CC2CN(c3ccccn3)CCN2C1=O)c1ccc2[nH]c3ccccc3c(=O)c2c1. The predicted octanol–water partition coefficient (Wildman–Crippen LogP) is 2.30. The van der Waals surface area contributed by atoms with Gasteiger partial charge in [-0.25, -0.2) is 4.98 Å². The van der Waals surface area contributed by atoms with Gasteiger partial charge >= 0.3 is 0 Å². The lowest BCUT2D eigenvalue weighted by Crippen LogP contribution is -2.52. The molecule has 2 N–H and O–H groups in total. The van der Waals surface area contributed by atoms with Crippen LogP contribution in [0.25, 0.3) is 21.8 Å². The van der Waals surface area contributed by atoms with Crippen molar-refractivity contribution in [3.8, 4) is 0 Å². The number of carbonyl (C=O) groups is 2. The van der Waals surface area contributed by atoms with Crippen LogP contribution in [0.15, 0.2) is 71.7 Å². The van der Waals surface area contributed by atoms with Gasteiger partial charge in [0.1, 0.15) is 11.9 Å². The Labute approximate surface area is 195 Å². The number of hydrogen-bond acceptors (Lipinski definition) is 5. The first-order valence-electron chi connectivity index (χ1n) is 11.4. The van der Waals surface area contributed by atoms with E-state index in [0.717, 1.165) is 11.3 Å². The molecule has 8 nitrogen and oxygen atoms in total. The van der Waals surface area contributed by atoms with Crippen LogP contribution in [0.2, 0.25) is 0 Å². The van der Waals surface area contributed by atoms with Crippen LogP contribution < -0.4 is 15.6 Å². The normalized spacial score (nSPS) is 20.1. The number of aromatic amines is 1. The second-order valence-corrected chi connectivity index (χ2v) is 8.84.